The van der Waals surface area contributed by atoms with Gasteiger partial charge in [-0.3, -0.25) is 4.79 Å². The monoisotopic (exact) mass is 368 g/mol. The molecule has 1 heterocycles. The van der Waals surface area contributed by atoms with Crippen LogP contribution in [0, 0.1) is 6.92 Å². The molecule has 1 aromatic heterocycles. The predicted molar refractivity (Wildman–Crippen MR) is 104 cm³/mol. The van der Waals surface area contributed by atoms with Crippen molar-refractivity contribution in [3.8, 4) is 11.3 Å². The molecule has 0 fully saturated rings. The van der Waals surface area contributed by atoms with Crippen molar-refractivity contribution in [1.82, 2.24) is 9.78 Å². The fourth-order valence-electron chi connectivity index (χ4n) is 2.34. The molecule has 0 saturated carbocycles. The van der Waals surface area contributed by atoms with Crippen LogP contribution in [0.15, 0.2) is 59.4 Å². The minimum atomic E-state index is -0.363. The maximum absolute atomic E-state index is 12.1. The number of carbonyl (C=O) groups is 1. The number of halogens is 1. The molecule has 7 heteroatoms. The Morgan fingerprint density at radius 1 is 1.00 bits per heavy atom. The Hall–Kier alpha value is -3.12. The zero-order chi connectivity index (χ0) is 18.7. The van der Waals surface area contributed by atoms with Gasteiger partial charge in [0.25, 0.3) is 5.56 Å². The molecule has 6 nitrogen and oxygen atoms in total. The van der Waals surface area contributed by atoms with Crippen LogP contribution in [0.1, 0.15) is 5.56 Å². The molecular weight excluding hydrogens is 352 g/mol. The van der Waals surface area contributed by atoms with E-state index in [4.69, 9.17) is 11.6 Å². The van der Waals surface area contributed by atoms with Crippen molar-refractivity contribution in [3.05, 3.63) is 75.5 Å². The van der Waals surface area contributed by atoms with Crippen molar-refractivity contribution < 1.29 is 4.79 Å². The number of rotatable bonds is 3. The van der Waals surface area contributed by atoms with E-state index in [2.05, 4.69) is 15.7 Å². The summed E-state index contributed by atoms with van der Waals surface area (Å²) in [6, 6.07) is 15.3. The van der Waals surface area contributed by atoms with Crippen LogP contribution >= 0.6 is 11.6 Å². The maximum atomic E-state index is 12.1. The Balaban J connectivity index is 1.68. The van der Waals surface area contributed by atoms with E-state index in [0.29, 0.717) is 22.1 Å². The van der Waals surface area contributed by atoms with E-state index < -0.39 is 0 Å². The molecule has 0 aliphatic rings. The van der Waals surface area contributed by atoms with Gasteiger partial charge in [-0.15, -0.1) is 0 Å². The standard InChI is InChI=1S/C19H17ClN4O2/c1-12-3-6-15(11-16(12)20)22-19(26)21-14-7-4-13(5-8-14)17-9-10-18(25)24(2)23-17/h3-11H,1-2H3,(H2,21,22,26). The second kappa shape index (κ2) is 7.41. The van der Waals surface area contributed by atoms with Crippen molar-refractivity contribution in [3.63, 3.8) is 0 Å². The predicted octanol–water partition coefficient (Wildman–Crippen LogP) is 4.05. The first-order valence-electron chi connectivity index (χ1n) is 7.91. The molecule has 132 valence electrons. The van der Waals surface area contributed by atoms with Gasteiger partial charge >= 0.3 is 6.03 Å². The van der Waals surface area contributed by atoms with Crippen LogP contribution in [0.4, 0.5) is 16.2 Å². The highest BCUT2D eigenvalue weighted by atomic mass is 35.5. The molecule has 0 unspecified atom stereocenters. The lowest BCUT2D eigenvalue weighted by Crippen LogP contribution is -2.19. The van der Waals surface area contributed by atoms with Gasteiger partial charge in [0.15, 0.2) is 0 Å². The van der Waals surface area contributed by atoms with Crippen molar-refractivity contribution >= 4 is 29.0 Å². The lowest BCUT2D eigenvalue weighted by molar-refractivity contribution is 0.262. The smallest absolute Gasteiger partial charge is 0.308 e. The zero-order valence-electron chi connectivity index (χ0n) is 14.3. The number of carbonyl (C=O) groups excluding carboxylic acids is 1. The first-order chi connectivity index (χ1) is 12.4. The third-order valence-corrected chi connectivity index (χ3v) is 4.24. The number of aryl methyl sites for hydroxylation is 2. The van der Waals surface area contributed by atoms with E-state index in [0.717, 1.165) is 11.1 Å². The molecular formula is C19H17ClN4O2. The lowest BCUT2D eigenvalue weighted by Gasteiger charge is -2.09. The van der Waals surface area contributed by atoms with Gasteiger partial charge in [-0.1, -0.05) is 29.8 Å². The number of aromatic nitrogens is 2. The highest BCUT2D eigenvalue weighted by Crippen LogP contribution is 2.21. The van der Waals surface area contributed by atoms with Gasteiger partial charge in [-0.05, 0) is 42.8 Å². The Morgan fingerprint density at radius 3 is 2.31 bits per heavy atom. The zero-order valence-corrected chi connectivity index (χ0v) is 15.0. The van der Waals surface area contributed by atoms with E-state index in [-0.39, 0.29) is 11.6 Å². The molecule has 2 aromatic carbocycles. The summed E-state index contributed by atoms with van der Waals surface area (Å²) in [5, 5.41) is 10.3. The van der Waals surface area contributed by atoms with Gasteiger partial charge < -0.3 is 10.6 Å². The van der Waals surface area contributed by atoms with Crippen molar-refractivity contribution in [2.45, 2.75) is 6.92 Å². The van der Waals surface area contributed by atoms with Crippen LogP contribution in [-0.4, -0.2) is 15.8 Å². The first kappa shape index (κ1) is 17.7. The van der Waals surface area contributed by atoms with Crippen LogP contribution < -0.4 is 16.2 Å². The fraction of sp³-hybridized carbons (Fsp3) is 0.105. The van der Waals surface area contributed by atoms with Gasteiger partial charge in [-0.2, -0.15) is 5.10 Å². The van der Waals surface area contributed by atoms with E-state index in [9.17, 15) is 9.59 Å². The molecule has 0 aliphatic carbocycles. The number of nitrogens with one attached hydrogen (secondary N) is 2. The minimum Gasteiger partial charge on any atom is -0.308 e. The summed E-state index contributed by atoms with van der Waals surface area (Å²) in [5.41, 5.74) is 3.55. The molecule has 0 spiro atoms. The normalized spacial score (nSPS) is 10.4. The molecule has 2 N–H and O–H groups in total. The summed E-state index contributed by atoms with van der Waals surface area (Å²) < 4.78 is 1.28. The van der Waals surface area contributed by atoms with E-state index in [1.165, 1.54) is 10.7 Å². The van der Waals surface area contributed by atoms with Crippen molar-refractivity contribution in [2.24, 2.45) is 7.05 Å². The van der Waals surface area contributed by atoms with Crippen LogP contribution in [0.3, 0.4) is 0 Å². The van der Waals surface area contributed by atoms with E-state index in [1.54, 1.807) is 37.4 Å². The SMILES string of the molecule is Cc1ccc(NC(=O)Nc2ccc(-c3ccc(=O)n(C)n3)cc2)cc1Cl. The number of urea groups is 1. The number of hydrogen-bond donors (Lipinski definition) is 2. The fourth-order valence-corrected chi connectivity index (χ4v) is 2.53. The maximum Gasteiger partial charge on any atom is 0.323 e. The summed E-state index contributed by atoms with van der Waals surface area (Å²) in [6.07, 6.45) is 0. The molecule has 0 aliphatic heterocycles. The molecule has 2 amide bonds. The molecule has 0 radical (unpaired) electrons. The summed E-state index contributed by atoms with van der Waals surface area (Å²) in [6.45, 7) is 1.90. The first-order valence-corrected chi connectivity index (χ1v) is 8.29. The Bertz CT molecular complexity index is 1010. The average molecular weight is 369 g/mol. The summed E-state index contributed by atoms with van der Waals surface area (Å²) in [4.78, 5) is 23.5. The number of anilines is 2. The van der Waals surface area contributed by atoms with Gasteiger partial charge in [0.1, 0.15) is 0 Å². The highest BCUT2D eigenvalue weighted by molar-refractivity contribution is 6.31. The third kappa shape index (κ3) is 4.10. The molecule has 0 atom stereocenters. The third-order valence-electron chi connectivity index (χ3n) is 3.83. The highest BCUT2D eigenvalue weighted by Gasteiger charge is 2.06. The van der Waals surface area contributed by atoms with E-state index in [1.807, 2.05) is 25.1 Å². The Morgan fingerprint density at radius 2 is 1.65 bits per heavy atom. The van der Waals surface area contributed by atoms with Crippen LogP contribution in [0.25, 0.3) is 11.3 Å². The van der Waals surface area contributed by atoms with Crippen molar-refractivity contribution in [2.75, 3.05) is 10.6 Å². The van der Waals surface area contributed by atoms with Crippen molar-refractivity contribution in [1.29, 1.82) is 0 Å². The number of amides is 2. The van der Waals surface area contributed by atoms with Crippen LogP contribution in [-0.2, 0) is 7.05 Å². The molecule has 3 aromatic rings. The largest absolute Gasteiger partial charge is 0.323 e. The molecule has 0 bridgehead atoms. The quantitative estimate of drug-likeness (QED) is 0.732. The van der Waals surface area contributed by atoms with Crippen LogP contribution in [0.5, 0.6) is 0 Å². The van der Waals surface area contributed by atoms with Gasteiger partial charge in [0.05, 0.1) is 5.69 Å². The van der Waals surface area contributed by atoms with Gasteiger partial charge in [-0.25, -0.2) is 9.48 Å². The number of nitrogens with zero attached hydrogens (tertiary/aromatic N) is 2. The Kier molecular flexibility index (Phi) is 5.04. The second-order valence-corrected chi connectivity index (χ2v) is 6.21. The van der Waals surface area contributed by atoms with Gasteiger partial charge in [0, 0.05) is 35.1 Å². The Labute approximate surface area is 155 Å². The molecule has 0 saturated heterocycles. The molecule has 26 heavy (non-hydrogen) atoms. The summed E-state index contributed by atoms with van der Waals surface area (Å²) in [5.74, 6) is 0. The summed E-state index contributed by atoms with van der Waals surface area (Å²) >= 11 is 6.06. The number of benzene rings is 2. The number of hydrogen-bond acceptors (Lipinski definition) is 3. The minimum absolute atomic E-state index is 0.167. The van der Waals surface area contributed by atoms with Crippen LogP contribution in [0.2, 0.25) is 5.02 Å². The second-order valence-electron chi connectivity index (χ2n) is 5.80. The topological polar surface area (TPSA) is 76.0 Å². The van der Waals surface area contributed by atoms with Gasteiger partial charge in [0.2, 0.25) is 0 Å². The summed E-state index contributed by atoms with van der Waals surface area (Å²) in [7, 11) is 1.60. The average Bonchev–Trinajstić information content (AvgIpc) is 2.61. The van der Waals surface area contributed by atoms with E-state index >= 15 is 0 Å². The lowest BCUT2D eigenvalue weighted by atomic mass is 10.1. The molecule has 3 rings (SSSR count).